The van der Waals surface area contributed by atoms with Crippen LogP contribution in [0.5, 0.6) is 0 Å². The number of sulfonamides is 1. The third-order valence-electron chi connectivity index (χ3n) is 3.50. The zero-order valence-corrected chi connectivity index (χ0v) is 16.6. The van der Waals surface area contributed by atoms with Gasteiger partial charge in [-0.15, -0.1) is 11.3 Å². The highest BCUT2D eigenvalue weighted by Crippen LogP contribution is 2.29. The number of nitrogens with one attached hydrogen (secondary N) is 1. The van der Waals surface area contributed by atoms with Crippen molar-refractivity contribution in [2.24, 2.45) is 0 Å². The van der Waals surface area contributed by atoms with E-state index in [0.717, 1.165) is 18.9 Å². The van der Waals surface area contributed by atoms with Gasteiger partial charge in [0.25, 0.3) is 0 Å². The molecule has 1 heterocycles. The summed E-state index contributed by atoms with van der Waals surface area (Å²) in [7, 11) is -0.602. The van der Waals surface area contributed by atoms with E-state index in [0.29, 0.717) is 5.69 Å². The molecule has 0 radical (unpaired) electrons. The van der Waals surface area contributed by atoms with Crippen molar-refractivity contribution in [2.45, 2.75) is 9.24 Å². The van der Waals surface area contributed by atoms with Gasteiger partial charge in [0, 0.05) is 19.8 Å². The summed E-state index contributed by atoms with van der Waals surface area (Å²) in [6, 6.07) is 14.0. The predicted molar refractivity (Wildman–Crippen MR) is 106 cm³/mol. The van der Waals surface area contributed by atoms with Crippen molar-refractivity contribution in [3.8, 4) is 0 Å². The van der Waals surface area contributed by atoms with Gasteiger partial charge in [0.15, 0.2) is 4.34 Å². The molecule has 3 aromatic rings. The van der Waals surface area contributed by atoms with Crippen LogP contribution in [0.4, 0.5) is 5.69 Å². The molecule has 0 aliphatic rings. The Balaban J connectivity index is 1.65. The van der Waals surface area contributed by atoms with E-state index in [1.165, 1.54) is 38.0 Å². The van der Waals surface area contributed by atoms with Crippen LogP contribution in [0.2, 0.25) is 0 Å². The molecule has 1 aromatic heterocycles. The first-order valence-corrected chi connectivity index (χ1v) is 10.9. The van der Waals surface area contributed by atoms with Gasteiger partial charge in [-0.1, -0.05) is 30.0 Å². The first-order chi connectivity index (χ1) is 12.4. The Morgan fingerprint density at radius 1 is 1.19 bits per heavy atom. The van der Waals surface area contributed by atoms with Crippen molar-refractivity contribution in [3.05, 3.63) is 48.5 Å². The van der Waals surface area contributed by atoms with Gasteiger partial charge in [-0.2, -0.15) is 0 Å². The molecule has 0 spiro atoms. The van der Waals surface area contributed by atoms with Crippen LogP contribution in [-0.2, 0) is 14.8 Å². The highest BCUT2D eigenvalue weighted by Gasteiger charge is 2.17. The maximum Gasteiger partial charge on any atom is 0.242 e. The van der Waals surface area contributed by atoms with Crippen molar-refractivity contribution in [3.63, 3.8) is 0 Å². The summed E-state index contributed by atoms with van der Waals surface area (Å²) >= 11 is 2.90. The number of hydrogen-bond donors (Lipinski definition) is 1. The summed E-state index contributed by atoms with van der Waals surface area (Å²) in [4.78, 5) is 16.8. The number of fused-ring (bicyclic) bond motifs is 1. The van der Waals surface area contributed by atoms with Crippen LogP contribution in [0.15, 0.2) is 57.8 Å². The number of hydrogen-bond acceptors (Lipinski definition) is 6. The Bertz CT molecular complexity index is 1010. The van der Waals surface area contributed by atoms with Crippen molar-refractivity contribution >= 4 is 54.9 Å². The minimum absolute atomic E-state index is 0.138. The Kier molecular flexibility index (Phi) is 5.61. The quantitative estimate of drug-likeness (QED) is 0.635. The molecule has 1 N–H and O–H groups in total. The lowest BCUT2D eigenvalue weighted by molar-refractivity contribution is -0.113. The molecule has 0 fully saturated rings. The van der Waals surface area contributed by atoms with E-state index in [2.05, 4.69) is 10.3 Å². The van der Waals surface area contributed by atoms with Gasteiger partial charge in [0.05, 0.1) is 20.9 Å². The molecular formula is C17H17N3O3S3. The van der Waals surface area contributed by atoms with Crippen LogP contribution in [0.3, 0.4) is 0 Å². The highest BCUT2D eigenvalue weighted by atomic mass is 32.2. The summed E-state index contributed by atoms with van der Waals surface area (Å²) in [6.45, 7) is 0. The van der Waals surface area contributed by atoms with Crippen LogP contribution >= 0.6 is 23.1 Å². The van der Waals surface area contributed by atoms with Gasteiger partial charge >= 0.3 is 0 Å². The topological polar surface area (TPSA) is 79.4 Å². The van der Waals surface area contributed by atoms with Crippen molar-refractivity contribution in [1.29, 1.82) is 0 Å². The molecule has 0 atom stereocenters. The van der Waals surface area contributed by atoms with Gasteiger partial charge in [0.2, 0.25) is 15.9 Å². The first-order valence-electron chi connectivity index (χ1n) is 7.67. The third kappa shape index (κ3) is 4.24. The van der Waals surface area contributed by atoms with Crippen molar-refractivity contribution < 1.29 is 13.2 Å². The van der Waals surface area contributed by atoms with E-state index in [9.17, 15) is 13.2 Å². The first kappa shape index (κ1) is 18.8. The molecule has 0 aliphatic heterocycles. The number of para-hydroxylation sites is 1. The zero-order valence-electron chi connectivity index (χ0n) is 14.2. The molecule has 136 valence electrons. The highest BCUT2D eigenvalue weighted by molar-refractivity contribution is 8.01. The van der Waals surface area contributed by atoms with Crippen LogP contribution in [-0.4, -0.2) is 43.5 Å². The standard InChI is InChI=1S/C17H17N3O3S3/c1-20(2)26(22,23)13-7-5-6-12(10-13)18-16(21)11-24-17-19-14-8-3-4-9-15(14)25-17/h3-10H,11H2,1-2H3,(H,18,21). The monoisotopic (exact) mass is 407 g/mol. The average Bonchev–Trinajstić information content (AvgIpc) is 3.03. The minimum atomic E-state index is -3.54. The van der Waals surface area contributed by atoms with Crippen LogP contribution in [0.1, 0.15) is 0 Å². The number of aromatic nitrogens is 1. The molecule has 0 aliphatic carbocycles. The smallest absolute Gasteiger partial charge is 0.242 e. The maximum atomic E-state index is 12.2. The van der Waals surface area contributed by atoms with Gasteiger partial charge in [-0.3, -0.25) is 4.79 Å². The molecule has 0 saturated heterocycles. The number of nitrogens with zero attached hydrogens (tertiary/aromatic N) is 2. The minimum Gasteiger partial charge on any atom is -0.325 e. The average molecular weight is 408 g/mol. The molecule has 3 rings (SSSR count). The number of carbonyl (C=O) groups is 1. The Morgan fingerprint density at radius 2 is 1.96 bits per heavy atom. The van der Waals surface area contributed by atoms with Gasteiger partial charge < -0.3 is 5.32 Å². The molecule has 0 saturated carbocycles. The van der Waals surface area contributed by atoms with Crippen molar-refractivity contribution in [1.82, 2.24) is 9.29 Å². The molecule has 2 aromatic carbocycles. The van der Waals surface area contributed by atoms with Gasteiger partial charge in [0.1, 0.15) is 0 Å². The Labute approximate surface area is 160 Å². The SMILES string of the molecule is CN(C)S(=O)(=O)c1cccc(NC(=O)CSc2nc3ccccc3s2)c1. The fourth-order valence-corrected chi connectivity index (χ4v) is 5.00. The molecule has 26 heavy (non-hydrogen) atoms. The van der Waals surface area contributed by atoms with E-state index in [1.54, 1.807) is 23.5 Å². The number of thioether (sulfide) groups is 1. The maximum absolute atomic E-state index is 12.2. The zero-order chi connectivity index (χ0) is 18.7. The van der Waals surface area contributed by atoms with Crippen LogP contribution < -0.4 is 5.32 Å². The fraction of sp³-hybridized carbons (Fsp3) is 0.176. The predicted octanol–water partition coefficient (Wildman–Crippen LogP) is 3.28. The normalized spacial score (nSPS) is 11.8. The van der Waals surface area contributed by atoms with E-state index in [4.69, 9.17) is 0 Å². The molecule has 1 amide bonds. The Hall–Kier alpha value is -1.94. The largest absolute Gasteiger partial charge is 0.325 e. The van der Waals surface area contributed by atoms with Gasteiger partial charge in [-0.25, -0.2) is 17.7 Å². The van der Waals surface area contributed by atoms with E-state index in [1.807, 2.05) is 24.3 Å². The van der Waals surface area contributed by atoms with E-state index in [-0.39, 0.29) is 16.6 Å². The van der Waals surface area contributed by atoms with Crippen LogP contribution in [0.25, 0.3) is 10.2 Å². The van der Waals surface area contributed by atoms with E-state index >= 15 is 0 Å². The Morgan fingerprint density at radius 3 is 2.69 bits per heavy atom. The molecular weight excluding hydrogens is 390 g/mol. The number of benzene rings is 2. The molecule has 0 unspecified atom stereocenters. The van der Waals surface area contributed by atoms with Crippen LogP contribution in [0, 0.1) is 0 Å². The lowest BCUT2D eigenvalue weighted by Gasteiger charge is -2.12. The summed E-state index contributed by atoms with van der Waals surface area (Å²) in [5.74, 6) is -0.0153. The third-order valence-corrected chi connectivity index (χ3v) is 7.49. The second kappa shape index (κ2) is 7.75. The fourth-order valence-electron chi connectivity index (χ4n) is 2.18. The summed E-state index contributed by atoms with van der Waals surface area (Å²) in [5, 5.41) is 2.73. The number of carbonyl (C=O) groups excluding carboxylic acids is 1. The lowest BCUT2D eigenvalue weighted by Crippen LogP contribution is -2.22. The molecule has 0 bridgehead atoms. The summed E-state index contributed by atoms with van der Waals surface area (Å²) < 4.78 is 27.4. The lowest BCUT2D eigenvalue weighted by atomic mass is 10.3. The number of thiazole rings is 1. The molecule has 6 nitrogen and oxygen atoms in total. The van der Waals surface area contributed by atoms with Gasteiger partial charge in [-0.05, 0) is 30.3 Å². The second-order valence-corrected chi connectivity index (χ2v) is 10.0. The number of rotatable bonds is 6. The van der Waals surface area contributed by atoms with Crippen molar-refractivity contribution in [2.75, 3.05) is 25.2 Å². The summed E-state index contributed by atoms with van der Waals surface area (Å²) in [5.41, 5.74) is 1.37. The van der Waals surface area contributed by atoms with E-state index < -0.39 is 10.0 Å². The molecule has 9 heteroatoms. The second-order valence-electron chi connectivity index (χ2n) is 5.60. The number of anilines is 1. The summed E-state index contributed by atoms with van der Waals surface area (Å²) in [6.07, 6.45) is 0. The number of amides is 1.